The third kappa shape index (κ3) is 4.31. The van der Waals surface area contributed by atoms with Crippen molar-refractivity contribution < 1.29 is 0 Å². The first-order chi connectivity index (χ1) is 11.4. The van der Waals surface area contributed by atoms with Gasteiger partial charge in [-0.1, -0.05) is 0 Å². The monoisotopic (exact) mass is 317 g/mol. The van der Waals surface area contributed by atoms with Crippen LogP contribution in [0.3, 0.4) is 0 Å². The van der Waals surface area contributed by atoms with Crippen LogP contribution < -0.4 is 10.2 Å². The molecule has 3 rings (SSSR count). The van der Waals surface area contributed by atoms with Crippen molar-refractivity contribution in [2.45, 2.75) is 13.3 Å². The normalized spacial score (nSPS) is 19.6. The molecule has 0 amide bonds. The molecule has 7 nitrogen and oxygen atoms in total. The van der Waals surface area contributed by atoms with Gasteiger partial charge in [-0.25, -0.2) is 9.97 Å². The van der Waals surface area contributed by atoms with E-state index in [0.717, 1.165) is 57.7 Å². The first-order valence-electron chi connectivity index (χ1n) is 8.64. The second kappa shape index (κ2) is 8.10. The Morgan fingerprint density at radius 2 is 1.87 bits per heavy atom. The molecule has 0 unspecified atom stereocenters. The number of nitrogens with zero attached hydrogens (tertiary/aromatic N) is 6. The molecule has 2 aliphatic rings. The Morgan fingerprint density at radius 3 is 2.48 bits per heavy atom. The molecule has 0 bridgehead atoms. The van der Waals surface area contributed by atoms with Crippen molar-refractivity contribution in [1.29, 1.82) is 0 Å². The van der Waals surface area contributed by atoms with E-state index in [2.05, 4.69) is 36.9 Å². The summed E-state index contributed by atoms with van der Waals surface area (Å²) in [6.45, 7) is 11.2. The van der Waals surface area contributed by atoms with Gasteiger partial charge in [-0.3, -0.25) is 4.99 Å². The van der Waals surface area contributed by atoms with Gasteiger partial charge in [0, 0.05) is 51.7 Å². The van der Waals surface area contributed by atoms with Crippen molar-refractivity contribution in [3.05, 3.63) is 18.5 Å². The third-order valence-corrected chi connectivity index (χ3v) is 4.38. The molecule has 0 aliphatic carbocycles. The second-order valence-electron chi connectivity index (χ2n) is 5.95. The van der Waals surface area contributed by atoms with E-state index in [4.69, 9.17) is 4.99 Å². The van der Waals surface area contributed by atoms with Gasteiger partial charge in [0.2, 0.25) is 5.95 Å². The fraction of sp³-hybridized carbons (Fsp3) is 0.688. The maximum absolute atomic E-state index is 4.80. The van der Waals surface area contributed by atoms with E-state index in [9.17, 15) is 0 Å². The molecule has 0 atom stereocenters. The number of nitrogens with one attached hydrogen (secondary N) is 1. The lowest BCUT2D eigenvalue weighted by atomic mass is 10.2. The van der Waals surface area contributed by atoms with Crippen molar-refractivity contribution in [3.8, 4) is 0 Å². The summed E-state index contributed by atoms with van der Waals surface area (Å²) in [5, 5.41) is 3.42. The van der Waals surface area contributed by atoms with Crippen molar-refractivity contribution in [2.75, 3.05) is 63.8 Å². The first-order valence-corrected chi connectivity index (χ1v) is 8.64. The Hall–Kier alpha value is -1.89. The minimum absolute atomic E-state index is 0.826. The number of piperazine rings is 1. The van der Waals surface area contributed by atoms with Crippen LogP contribution in [-0.2, 0) is 0 Å². The number of rotatable bonds is 5. The molecule has 3 heterocycles. The SMILES string of the molecule is CCNC(=NCCN1CCC1)N1CCN(c2ncccn2)CC1. The van der Waals surface area contributed by atoms with E-state index in [1.807, 2.05) is 6.07 Å². The second-order valence-corrected chi connectivity index (χ2v) is 5.95. The van der Waals surface area contributed by atoms with Gasteiger partial charge in [0.1, 0.15) is 0 Å². The molecule has 1 aromatic heterocycles. The number of anilines is 1. The smallest absolute Gasteiger partial charge is 0.225 e. The van der Waals surface area contributed by atoms with Crippen molar-refractivity contribution in [3.63, 3.8) is 0 Å². The molecule has 0 saturated carbocycles. The number of hydrogen-bond acceptors (Lipinski definition) is 5. The minimum atomic E-state index is 0.826. The van der Waals surface area contributed by atoms with E-state index in [1.165, 1.54) is 19.5 Å². The van der Waals surface area contributed by atoms with Gasteiger partial charge in [-0.15, -0.1) is 0 Å². The Labute approximate surface area is 138 Å². The maximum atomic E-state index is 4.80. The molecule has 0 aromatic carbocycles. The Balaban J connectivity index is 1.51. The van der Waals surface area contributed by atoms with Gasteiger partial charge in [0.05, 0.1) is 6.54 Å². The zero-order valence-electron chi connectivity index (χ0n) is 14.0. The fourth-order valence-corrected chi connectivity index (χ4v) is 2.90. The molecular weight excluding hydrogens is 290 g/mol. The molecule has 1 N–H and O–H groups in total. The molecule has 0 spiro atoms. The molecule has 0 radical (unpaired) electrons. The molecular formula is C16H27N7. The van der Waals surface area contributed by atoms with Crippen LogP contribution in [0.5, 0.6) is 0 Å². The predicted molar refractivity (Wildman–Crippen MR) is 92.9 cm³/mol. The number of guanidine groups is 1. The van der Waals surface area contributed by atoms with Crippen LogP contribution in [0.1, 0.15) is 13.3 Å². The Morgan fingerprint density at radius 1 is 1.13 bits per heavy atom. The average Bonchev–Trinajstić information content (AvgIpc) is 2.57. The molecule has 2 saturated heterocycles. The summed E-state index contributed by atoms with van der Waals surface area (Å²) < 4.78 is 0. The van der Waals surface area contributed by atoms with Gasteiger partial charge in [-0.05, 0) is 32.5 Å². The topological polar surface area (TPSA) is 59.9 Å². The average molecular weight is 317 g/mol. The summed E-state index contributed by atoms with van der Waals surface area (Å²) in [7, 11) is 0. The minimum Gasteiger partial charge on any atom is -0.357 e. The lowest BCUT2D eigenvalue weighted by Gasteiger charge is -2.36. The quantitative estimate of drug-likeness (QED) is 0.621. The summed E-state index contributed by atoms with van der Waals surface area (Å²) in [6.07, 6.45) is 4.94. The predicted octanol–water partition coefficient (Wildman–Crippen LogP) is 0.270. The van der Waals surface area contributed by atoms with Gasteiger partial charge < -0.3 is 20.0 Å². The zero-order valence-corrected chi connectivity index (χ0v) is 14.0. The first kappa shape index (κ1) is 16.0. The summed E-state index contributed by atoms with van der Waals surface area (Å²) in [6, 6.07) is 1.85. The standard InChI is InChI=1S/C16H27N7/c1-2-17-15(20-7-10-21-8-4-9-21)22-11-13-23(14-12-22)16-18-5-3-6-19-16/h3,5-6H,2,4,7-14H2,1H3,(H,17,20). The van der Waals surface area contributed by atoms with Gasteiger partial charge in [-0.2, -0.15) is 0 Å². The van der Waals surface area contributed by atoms with Crippen LogP contribution in [0.25, 0.3) is 0 Å². The number of aliphatic imine (C=N–C) groups is 1. The van der Waals surface area contributed by atoms with Crippen molar-refractivity contribution >= 4 is 11.9 Å². The van der Waals surface area contributed by atoms with Crippen LogP contribution >= 0.6 is 0 Å². The Bertz CT molecular complexity index is 492. The lowest BCUT2D eigenvalue weighted by Crippen LogP contribution is -2.53. The highest BCUT2D eigenvalue weighted by atomic mass is 15.4. The van der Waals surface area contributed by atoms with Crippen LogP contribution in [-0.4, -0.2) is 84.6 Å². The molecule has 2 fully saturated rings. The highest BCUT2D eigenvalue weighted by Gasteiger charge is 2.21. The zero-order chi connectivity index (χ0) is 15.9. The lowest BCUT2D eigenvalue weighted by molar-refractivity contribution is 0.187. The Kier molecular flexibility index (Phi) is 5.63. The number of hydrogen-bond donors (Lipinski definition) is 1. The van der Waals surface area contributed by atoms with E-state index in [-0.39, 0.29) is 0 Å². The fourth-order valence-electron chi connectivity index (χ4n) is 2.90. The summed E-state index contributed by atoms with van der Waals surface area (Å²) in [5.74, 6) is 1.87. The van der Waals surface area contributed by atoms with Crippen LogP contribution in [0.15, 0.2) is 23.5 Å². The van der Waals surface area contributed by atoms with Crippen molar-refractivity contribution in [2.24, 2.45) is 4.99 Å². The van der Waals surface area contributed by atoms with Crippen LogP contribution in [0, 0.1) is 0 Å². The van der Waals surface area contributed by atoms with Crippen LogP contribution in [0.2, 0.25) is 0 Å². The van der Waals surface area contributed by atoms with Crippen LogP contribution in [0.4, 0.5) is 5.95 Å². The van der Waals surface area contributed by atoms with Gasteiger partial charge >= 0.3 is 0 Å². The third-order valence-electron chi connectivity index (χ3n) is 4.38. The molecule has 23 heavy (non-hydrogen) atoms. The largest absolute Gasteiger partial charge is 0.357 e. The molecule has 2 aliphatic heterocycles. The molecule has 7 heteroatoms. The maximum Gasteiger partial charge on any atom is 0.225 e. The van der Waals surface area contributed by atoms with E-state index >= 15 is 0 Å². The molecule has 1 aromatic rings. The van der Waals surface area contributed by atoms with E-state index in [1.54, 1.807) is 12.4 Å². The highest BCUT2D eigenvalue weighted by molar-refractivity contribution is 5.80. The number of likely N-dealkylation sites (tertiary alicyclic amines) is 1. The summed E-state index contributed by atoms with van der Waals surface area (Å²) in [4.78, 5) is 20.5. The molecule has 126 valence electrons. The van der Waals surface area contributed by atoms with E-state index in [0.29, 0.717) is 0 Å². The van der Waals surface area contributed by atoms with Gasteiger partial charge in [0.25, 0.3) is 0 Å². The summed E-state index contributed by atoms with van der Waals surface area (Å²) in [5.41, 5.74) is 0. The highest BCUT2D eigenvalue weighted by Crippen LogP contribution is 2.10. The number of aromatic nitrogens is 2. The van der Waals surface area contributed by atoms with E-state index < -0.39 is 0 Å². The summed E-state index contributed by atoms with van der Waals surface area (Å²) >= 11 is 0. The van der Waals surface area contributed by atoms with Crippen molar-refractivity contribution in [1.82, 2.24) is 25.1 Å². The van der Waals surface area contributed by atoms with Gasteiger partial charge in [0.15, 0.2) is 5.96 Å².